The first-order valence-corrected chi connectivity index (χ1v) is 10.4. The van der Waals surface area contributed by atoms with Crippen molar-refractivity contribution in [3.8, 4) is 0 Å². The van der Waals surface area contributed by atoms with Gasteiger partial charge in [0.05, 0.1) is 11.3 Å². The third-order valence-electron chi connectivity index (χ3n) is 5.52. The molecule has 5 rings (SSSR count). The third-order valence-corrected chi connectivity index (χ3v) is 5.75. The molecule has 10 heteroatoms. The summed E-state index contributed by atoms with van der Waals surface area (Å²) in [6.45, 7) is 5.33. The van der Waals surface area contributed by atoms with Gasteiger partial charge in [0.1, 0.15) is 12.3 Å². The maximum atomic E-state index is 12.8. The van der Waals surface area contributed by atoms with E-state index in [-0.39, 0.29) is 30.7 Å². The first kappa shape index (κ1) is 24.4. The lowest BCUT2D eigenvalue weighted by molar-refractivity contribution is -0.110. The van der Waals surface area contributed by atoms with E-state index in [0.717, 1.165) is 55.2 Å². The van der Waals surface area contributed by atoms with Crippen LogP contribution in [0.4, 0.5) is 11.4 Å². The predicted octanol–water partition coefficient (Wildman–Crippen LogP) is 3.60. The number of hydrogen-bond donors (Lipinski definition) is 3. The van der Waals surface area contributed by atoms with Crippen molar-refractivity contribution < 1.29 is 9.63 Å². The molecule has 1 fully saturated rings. The molecule has 0 spiro atoms. The fraction of sp³-hybridized carbons (Fsp3) is 0.273. The number of para-hydroxylation sites is 1. The van der Waals surface area contributed by atoms with Crippen LogP contribution in [0.25, 0.3) is 5.57 Å². The molecular formula is C22H24Cl3N5O2. The number of carbonyl (C=O) groups is 1. The Morgan fingerprint density at radius 2 is 1.75 bits per heavy atom. The van der Waals surface area contributed by atoms with Crippen molar-refractivity contribution in [3.05, 3.63) is 64.3 Å². The highest BCUT2D eigenvalue weighted by molar-refractivity contribution is 6.40. The second-order valence-electron chi connectivity index (χ2n) is 7.43. The van der Waals surface area contributed by atoms with Gasteiger partial charge in [0.15, 0.2) is 0 Å². The van der Waals surface area contributed by atoms with E-state index in [4.69, 9.17) is 16.4 Å². The van der Waals surface area contributed by atoms with Gasteiger partial charge >= 0.3 is 0 Å². The standard InChI is InChI=1S/C22H22ClN5O2.2ClH/c23-14-5-6-18-16(13-14)19(22(29)26-18)21-20(15-3-1-2-4-17(15)25-21)27-30-12-11-28-9-7-24-8-10-28;;/h1-6,13,24-25H,7-12H2,(H,26,29);2*1H/b21-19-,27-20+;;. The second-order valence-corrected chi connectivity index (χ2v) is 7.87. The molecule has 0 unspecified atom stereocenters. The number of piperazine rings is 1. The van der Waals surface area contributed by atoms with Crippen molar-refractivity contribution in [3.63, 3.8) is 0 Å². The summed E-state index contributed by atoms with van der Waals surface area (Å²) in [5, 5.41) is 14.6. The fourth-order valence-corrected chi connectivity index (χ4v) is 4.18. The quantitative estimate of drug-likeness (QED) is 0.342. The van der Waals surface area contributed by atoms with Gasteiger partial charge in [0.25, 0.3) is 5.91 Å². The van der Waals surface area contributed by atoms with E-state index in [9.17, 15) is 4.79 Å². The van der Waals surface area contributed by atoms with Gasteiger partial charge in [-0.25, -0.2) is 0 Å². The number of anilines is 2. The number of allylic oxidation sites excluding steroid dienone is 1. The average molecular weight is 497 g/mol. The summed E-state index contributed by atoms with van der Waals surface area (Å²) in [6, 6.07) is 13.2. The minimum atomic E-state index is -0.184. The molecule has 0 atom stereocenters. The number of carbonyl (C=O) groups excluding carboxylic acids is 1. The highest BCUT2D eigenvalue weighted by Crippen LogP contribution is 2.40. The lowest BCUT2D eigenvalue weighted by Crippen LogP contribution is -2.44. The highest BCUT2D eigenvalue weighted by atomic mass is 35.5. The molecule has 0 saturated carbocycles. The van der Waals surface area contributed by atoms with Crippen molar-refractivity contribution in [1.82, 2.24) is 10.2 Å². The van der Waals surface area contributed by atoms with Gasteiger partial charge in [-0.2, -0.15) is 0 Å². The zero-order chi connectivity index (χ0) is 20.5. The summed E-state index contributed by atoms with van der Waals surface area (Å²) in [7, 11) is 0. The average Bonchev–Trinajstić information content (AvgIpc) is 3.28. The predicted molar refractivity (Wildman–Crippen MR) is 133 cm³/mol. The minimum Gasteiger partial charge on any atom is -0.394 e. The van der Waals surface area contributed by atoms with Crippen LogP contribution in [-0.2, 0) is 9.63 Å². The Kier molecular flexibility index (Phi) is 8.03. The van der Waals surface area contributed by atoms with Crippen LogP contribution in [-0.4, -0.2) is 55.8 Å². The van der Waals surface area contributed by atoms with Crippen molar-refractivity contribution in [2.45, 2.75) is 0 Å². The van der Waals surface area contributed by atoms with Crippen LogP contribution >= 0.6 is 36.4 Å². The van der Waals surface area contributed by atoms with E-state index < -0.39 is 0 Å². The molecule has 32 heavy (non-hydrogen) atoms. The van der Waals surface area contributed by atoms with Crippen LogP contribution < -0.4 is 16.0 Å². The van der Waals surface area contributed by atoms with E-state index >= 15 is 0 Å². The largest absolute Gasteiger partial charge is 0.394 e. The van der Waals surface area contributed by atoms with Gasteiger partial charge in [0.2, 0.25) is 0 Å². The molecule has 3 aliphatic rings. The number of rotatable bonds is 4. The van der Waals surface area contributed by atoms with Crippen LogP contribution in [0.5, 0.6) is 0 Å². The molecule has 3 heterocycles. The molecule has 170 valence electrons. The number of fused-ring (bicyclic) bond motifs is 2. The SMILES string of the molecule is Cl.Cl.O=C1Nc2ccc(Cl)cc2/C1=C1/Nc2ccccc2/C1=N\OCCN1CCNCC1. The van der Waals surface area contributed by atoms with Gasteiger partial charge in [-0.05, 0) is 24.3 Å². The van der Waals surface area contributed by atoms with Crippen molar-refractivity contribution in [2.75, 3.05) is 50.0 Å². The van der Waals surface area contributed by atoms with E-state index in [0.29, 0.717) is 28.6 Å². The maximum Gasteiger partial charge on any atom is 0.258 e. The van der Waals surface area contributed by atoms with Gasteiger partial charge in [-0.3, -0.25) is 9.69 Å². The van der Waals surface area contributed by atoms with Gasteiger partial charge in [-0.15, -0.1) is 24.8 Å². The Morgan fingerprint density at radius 1 is 1.00 bits per heavy atom. The molecule has 0 bridgehead atoms. The summed E-state index contributed by atoms with van der Waals surface area (Å²) in [5.74, 6) is -0.184. The molecule has 0 radical (unpaired) electrons. The molecule has 3 aliphatic heterocycles. The van der Waals surface area contributed by atoms with E-state index in [1.54, 1.807) is 12.1 Å². The van der Waals surface area contributed by atoms with Crippen molar-refractivity contribution in [1.29, 1.82) is 0 Å². The summed E-state index contributed by atoms with van der Waals surface area (Å²) in [6.07, 6.45) is 0. The number of benzene rings is 2. The van der Waals surface area contributed by atoms with Gasteiger partial charge in [0, 0.05) is 60.2 Å². The number of halogens is 3. The van der Waals surface area contributed by atoms with E-state index in [1.807, 2.05) is 30.3 Å². The third kappa shape index (κ3) is 4.72. The molecular weight excluding hydrogens is 473 g/mol. The van der Waals surface area contributed by atoms with Crippen LogP contribution in [0.15, 0.2) is 53.3 Å². The van der Waals surface area contributed by atoms with Gasteiger partial charge in [-0.1, -0.05) is 35.0 Å². The Balaban J connectivity index is 0.00000144. The summed E-state index contributed by atoms with van der Waals surface area (Å²) in [5.41, 5.74) is 5.09. The minimum absolute atomic E-state index is 0. The zero-order valence-corrected chi connectivity index (χ0v) is 19.6. The number of nitrogens with zero attached hydrogens (tertiary/aromatic N) is 2. The molecule has 2 aromatic rings. The van der Waals surface area contributed by atoms with Gasteiger partial charge < -0.3 is 20.8 Å². The lowest BCUT2D eigenvalue weighted by Gasteiger charge is -2.26. The summed E-state index contributed by atoms with van der Waals surface area (Å²) >= 11 is 6.20. The lowest BCUT2D eigenvalue weighted by atomic mass is 10.0. The maximum absolute atomic E-state index is 12.8. The monoisotopic (exact) mass is 495 g/mol. The van der Waals surface area contributed by atoms with Crippen LogP contribution in [0.3, 0.4) is 0 Å². The van der Waals surface area contributed by atoms with Crippen molar-refractivity contribution >= 4 is 65.0 Å². The highest BCUT2D eigenvalue weighted by Gasteiger charge is 2.34. The number of oxime groups is 1. The molecule has 1 saturated heterocycles. The van der Waals surface area contributed by atoms with E-state index in [2.05, 4.69) is 26.0 Å². The number of amides is 1. The summed E-state index contributed by atoms with van der Waals surface area (Å²) < 4.78 is 0. The normalized spacial score (nSPS) is 20.5. The van der Waals surface area contributed by atoms with E-state index in [1.165, 1.54) is 0 Å². The molecule has 2 aromatic carbocycles. The molecule has 3 N–H and O–H groups in total. The number of nitrogens with one attached hydrogen (secondary N) is 3. The Morgan fingerprint density at radius 3 is 2.56 bits per heavy atom. The molecule has 7 nitrogen and oxygen atoms in total. The van der Waals surface area contributed by atoms with Crippen LogP contribution in [0.1, 0.15) is 11.1 Å². The first-order chi connectivity index (χ1) is 14.7. The Bertz CT molecular complexity index is 1070. The Labute approximate surface area is 204 Å². The first-order valence-electron chi connectivity index (χ1n) is 10.1. The summed E-state index contributed by atoms with van der Waals surface area (Å²) in [4.78, 5) is 20.9. The smallest absolute Gasteiger partial charge is 0.258 e. The Hall–Kier alpha value is -2.29. The fourth-order valence-electron chi connectivity index (χ4n) is 4.01. The topological polar surface area (TPSA) is 78.0 Å². The second kappa shape index (κ2) is 10.6. The van der Waals surface area contributed by atoms with Crippen LogP contribution in [0, 0.1) is 0 Å². The van der Waals surface area contributed by atoms with Crippen molar-refractivity contribution in [2.24, 2.45) is 5.16 Å². The molecule has 1 amide bonds. The zero-order valence-electron chi connectivity index (χ0n) is 17.2. The molecule has 0 aliphatic carbocycles. The van der Waals surface area contributed by atoms with Crippen LogP contribution in [0.2, 0.25) is 5.02 Å². The number of hydrogen-bond acceptors (Lipinski definition) is 6. The molecule has 0 aromatic heterocycles.